The Bertz CT molecular complexity index is 646. The number of hydrogen-bond acceptors (Lipinski definition) is 6. The highest BCUT2D eigenvalue weighted by molar-refractivity contribution is 6.34. The van der Waals surface area contributed by atoms with Crippen molar-refractivity contribution in [2.45, 2.75) is 0 Å². The number of benzene rings is 1. The molecular formula is C10H6ClN5O2. The lowest BCUT2D eigenvalue weighted by atomic mass is 10.2. The molecule has 0 spiro atoms. The Morgan fingerprint density at radius 1 is 1.50 bits per heavy atom. The van der Waals surface area contributed by atoms with Crippen molar-refractivity contribution in [3.8, 4) is 6.07 Å². The molecule has 0 aliphatic carbocycles. The predicted octanol–water partition coefficient (Wildman–Crippen LogP) is 1.43. The molecule has 1 aromatic heterocycles. The van der Waals surface area contributed by atoms with Crippen molar-refractivity contribution in [2.24, 2.45) is 0 Å². The molecule has 0 aliphatic rings. The van der Waals surface area contributed by atoms with Crippen molar-refractivity contribution in [1.29, 1.82) is 5.26 Å². The third kappa shape index (κ3) is 2.23. The molecular weight excluding hydrogens is 258 g/mol. The first-order valence-electron chi connectivity index (χ1n) is 4.71. The zero-order valence-corrected chi connectivity index (χ0v) is 9.60. The summed E-state index contributed by atoms with van der Waals surface area (Å²) in [5, 5.41) is 18.1. The lowest BCUT2D eigenvalue weighted by molar-refractivity contribution is 0.101. The van der Waals surface area contributed by atoms with E-state index in [0.717, 1.165) is 0 Å². The summed E-state index contributed by atoms with van der Waals surface area (Å²) in [5.41, 5.74) is 5.87. The Morgan fingerprint density at radius 2 is 2.28 bits per heavy atom. The van der Waals surface area contributed by atoms with Crippen LogP contribution in [0.3, 0.4) is 0 Å². The lowest BCUT2D eigenvalue weighted by Crippen LogP contribution is -2.14. The Morgan fingerprint density at radius 3 is 2.89 bits per heavy atom. The number of halogens is 1. The molecule has 2 aromatic rings. The zero-order chi connectivity index (χ0) is 13.1. The van der Waals surface area contributed by atoms with E-state index in [1.54, 1.807) is 0 Å². The lowest BCUT2D eigenvalue weighted by Gasteiger charge is -2.05. The van der Waals surface area contributed by atoms with E-state index in [0.29, 0.717) is 5.56 Å². The zero-order valence-electron chi connectivity index (χ0n) is 8.85. The quantitative estimate of drug-likeness (QED) is 0.846. The molecule has 90 valence electrons. The number of carbonyl (C=O) groups is 1. The first kappa shape index (κ1) is 11.9. The van der Waals surface area contributed by atoms with E-state index < -0.39 is 5.91 Å². The summed E-state index contributed by atoms with van der Waals surface area (Å²) in [6.07, 6.45) is 0. The summed E-state index contributed by atoms with van der Waals surface area (Å²) in [5.74, 6) is -0.745. The summed E-state index contributed by atoms with van der Waals surface area (Å²) < 4.78 is 4.31. The van der Waals surface area contributed by atoms with Crippen LogP contribution < -0.4 is 11.1 Å². The fourth-order valence-electron chi connectivity index (χ4n) is 1.23. The van der Waals surface area contributed by atoms with E-state index in [1.165, 1.54) is 18.2 Å². The molecule has 0 fully saturated rings. The minimum absolute atomic E-state index is 0.125. The van der Waals surface area contributed by atoms with Crippen LogP contribution in [0.15, 0.2) is 22.8 Å². The normalized spacial score (nSPS) is 9.78. The number of hydrogen-bond donors (Lipinski definition) is 2. The molecule has 0 radical (unpaired) electrons. The molecule has 7 nitrogen and oxygen atoms in total. The fraction of sp³-hybridized carbons (Fsp3) is 0. The van der Waals surface area contributed by atoms with Gasteiger partial charge in [-0.2, -0.15) is 5.26 Å². The van der Waals surface area contributed by atoms with Crippen molar-refractivity contribution in [2.75, 3.05) is 11.1 Å². The predicted molar refractivity (Wildman–Crippen MR) is 62.8 cm³/mol. The Balaban J connectivity index is 2.27. The van der Waals surface area contributed by atoms with E-state index >= 15 is 0 Å². The van der Waals surface area contributed by atoms with Crippen molar-refractivity contribution < 1.29 is 9.42 Å². The van der Waals surface area contributed by atoms with Crippen molar-refractivity contribution in [1.82, 2.24) is 10.3 Å². The van der Waals surface area contributed by atoms with Crippen molar-refractivity contribution >= 4 is 29.0 Å². The summed E-state index contributed by atoms with van der Waals surface area (Å²) in [6.45, 7) is 0. The number of nitriles is 1. The number of anilines is 2. The van der Waals surface area contributed by atoms with Gasteiger partial charge in [0.15, 0.2) is 0 Å². The van der Waals surface area contributed by atoms with Gasteiger partial charge in [-0.25, -0.2) is 4.63 Å². The van der Waals surface area contributed by atoms with Crippen LogP contribution in [0.2, 0.25) is 5.02 Å². The van der Waals surface area contributed by atoms with Gasteiger partial charge in [-0.05, 0) is 28.5 Å². The summed E-state index contributed by atoms with van der Waals surface area (Å²) in [4.78, 5) is 11.8. The highest BCUT2D eigenvalue weighted by Gasteiger charge is 2.17. The molecule has 3 N–H and O–H groups in total. The molecule has 0 unspecified atom stereocenters. The van der Waals surface area contributed by atoms with Crippen molar-refractivity contribution in [3.05, 3.63) is 34.5 Å². The van der Waals surface area contributed by atoms with E-state index in [9.17, 15) is 4.79 Å². The maximum Gasteiger partial charge on any atom is 0.281 e. The Kier molecular flexibility index (Phi) is 3.12. The van der Waals surface area contributed by atoms with Gasteiger partial charge in [-0.15, -0.1) is 0 Å². The van der Waals surface area contributed by atoms with E-state index in [2.05, 4.69) is 20.3 Å². The minimum Gasteiger partial charge on any atom is -0.379 e. The number of amides is 1. The number of rotatable bonds is 2. The van der Waals surface area contributed by atoms with Crippen LogP contribution in [0.1, 0.15) is 16.1 Å². The third-order valence-corrected chi connectivity index (χ3v) is 2.40. The Hall–Kier alpha value is -2.59. The van der Waals surface area contributed by atoms with Crippen LogP contribution in [0.4, 0.5) is 11.5 Å². The molecule has 0 bridgehead atoms. The Labute approximate surface area is 106 Å². The monoisotopic (exact) mass is 263 g/mol. The second-order valence-electron chi connectivity index (χ2n) is 3.26. The smallest absolute Gasteiger partial charge is 0.281 e. The maximum absolute atomic E-state index is 11.8. The minimum atomic E-state index is -0.620. The number of nitrogens with two attached hydrogens (primary N) is 1. The summed E-state index contributed by atoms with van der Waals surface area (Å²) in [6, 6.07) is 6.40. The second kappa shape index (κ2) is 4.73. The molecule has 1 amide bonds. The molecule has 1 heterocycles. The van der Waals surface area contributed by atoms with E-state index in [1.807, 2.05) is 6.07 Å². The number of nitrogens with one attached hydrogen (secondary N) is 1. The molecule has 0 aliphatic heterocycles. The number of carbonyl (C=O) groups excluding carboxylic acids is 1. The van der Waals surface area contributed by atoms with Crippen LogP contribution in [-0.4, -0.2) is 16.2 Å². The van der Waals surface area contributed by atoms with Crippen LogP contribution >= 0.6 is 11.6 Å². The van der Waals surface area contributed by atoms with E-state index in [-0.39, 0.29) is 22.2 Å². The topological polar surface area (TPSA) is 118 Å². The molecule has 18 heavy (non-hydrogen) atoms. The number of nitrogen functional groups attached to an aromatic ring is 1. The first-order chi connectivity index (χ1) is 8.61. The van der Waals surface area contributed by atoms with Gasteiger partial charge in [0.25, 0.3) is 5.91 Å². The van der Waals surface area contributed by atoms with Gasteiger partial charge in [0, 0.05) is 0 Å². The van der Waals surface area contributed by atoms with Gasteiger partial charge in [0.2, 0.25) is 11.5 Å². The molecule has 0 saturated heterocycles. The van der Waals surface area contributed by atoms with Gasteiger partial charge < -0.3 is 11.1 Å². The average molecular weight is 264 g/mol. The van der Waals surface area contributed by atoms with Gasteiger partial charge in [-0.3, -0.25) is 4.79 Å². The highest BCUT2D eigenvalue weighted by Crippen LogP contribution is 2.23. The van der Waals surface area contributed by atoms with E-state index in [4.69, 9.17) is 22.6 Å². The van der Waals surface area contributed by atoms with Crippen molar-refractivity contribution in [3.63, 3.8) is 0 Å². The SMILES string of the molecule is N#Cc1ccc(Cl)c(NC(=O)c2nonc2N)c1. The third-order valence-electron chi connectivity index (χ3n) is 2.07. The highest BCUT2D eigenvalue weighted by atomic mass is 35.5. The molecule has 8 heteroatoms. The summed E-state index contributed by atoms with van der Waals surface area (Å²) in [7, 11) is 0. The maximum atomic E-state index is 11.8. The standard InChI is InChI=1S/C10H6ClN5O2/c11-6-2-1-5(4-12)3-7(6)14-10(17)8-9(13)16-18-15-8/h1-3H,(H2,13,16)(H,14,17). The van der Waals surface area contributed by atoms with Crippen LogP contribution in [-0.2, 0) is 0 Å². The molecule has 2 rings (SSSR count). The molecule has 1 aromatic carbocycles. The summed E-state index contributed by atoms with van der Waals surface area (Å²) >= 11 is 5.88. The number of aromatic nitrogens is 2. The van der Waals surface area contributed by atoms with Crippen LogP contribution in [0, 0.1) is 11.3 Å². The van der Waals surface area contributed by atoms with Gasteiger partial charge >= 0.3 is 0 Å². The van der Waals surface area contributed by atoms with Gasteiger partial charge in [0.05, 0.1) is 22.3 Å². The van der Waals surface area contributed by atoms with Gasteiger partial charge in [0.1, 0.15) is 0 Å². The van der Waals surface area contributed by atoms with Gasteiger partial charge in [-0.1, -0.05) is 11.6 Å². The largest absolute Gasteiger partial charge is 0.379 e. The second-order valence-corrected chi connectivity index (χ2v) is 3.67. The first-order valence-corrected chi connectivity index (χ1v) is 5.08. The van der Waals surface area contributed by atoms with Crippen LogP contribution in [0.5, 0.6) is 0 Å². The number of nitrogens with zero attached hydrogens (tertiary/aromatic N) is 3. The average Bonchev–Trinajstić information content (AvgIpc) is 2.78. The fourth-order valence-corrected chi connectivity index (χ4v) is 1.39. The van der Waals surface area contributed by atoms with Crippen LogP contribution in [0.25, 0.3) is 0 Å². The molecule has 0 saturated carbocycles. The molecule has 0 atom stereocenters.